The van der Waals surface area contributed by atoms with Crippen LogP contribution in [-0.2, 0) is 30.2 Å². The number of anilines is 1. The molecule has 2 saturated heterocycles. The second-order valence-electron chi connectivity index (χ2n) is 12.9. The third-order valence-corrected chi connectivity index (χ3v) is 9.75. The fraction of sp³-hybridized carbons (Fsp3) is 0.636. The van der Waals surface area contributed by atoms with Crippen molar-refractivity contribution >= 4 is 29.4 Å². The minimum atomic E-state index is -1.72. The van der Waals surface area contributed by atoms with E-state index in [9.17, 15) is 14.7 Å². The SMILES string of the molecule is COc1cc2cc(c1Cl)N(C)CCC(OC(=O)C(C)N(C)C)C1(C)OC1C(C)C1CC(O)(NC(=O)O1)C(OC)/C=C/C=C(\C)C2. The van der Waals surface area contributed by atoms with Gasteiger partial charge >= 0.3 is 12.1 Å². The summed E-state index contributed by atoms with van der Waals surface area (Å²) < 4.78 is 29.4. The van der Waals surface area contributed by atoms with Gasteiger partial charge in [-0.05, 0) is 59.0 Å². The predicted molar refractivity (Wildman–Crippen MR) is 172 cm³/mol. The van der Waals surface area contributed by atoms with Crippen molar-refractivity contribution in [3.63, 3.8) is 0 Å². The molecule has 12 heteroatoms. The highest BCUT2D eigenvalue weighted by Crippen LogP contribution is 2.49. The Balaban J connectivity index is 1.76. The number of alkyl carbamates (subject to hydrolysis) is 1. The summed E-state index contributed by atoms with van der Waals surface area (Å²) in [6.45, 7) is 8.11. The van der Waals surface area contributed by atoms with Crippen LogP contribution >= 0.6 is 11.6 Å². The summed E-state index contributed by atoms with van der Waals surface area (Å²) in [7, 11) is 8.65. The molecule has 1 amide bonds. The number of nitrogens with one attached hydrogen (secondary N) is 1. The third kappa shape index (κ3) is 7.60. The van der Waals surface area contributed by atoms with Gasteiger partial charge in [-0.2, -0.15) is 0 Å². The lowest BCUT2D eigenvalue weighted by molar-refractivity contribution is -0.157. The number of methoxy groups -OCH3 is 2. The molecule has 1 aromatic rings. The van der Waals surface area contributed by atoms with Crippen LogP contribution < -0.4 is 15.0 Å². The number of ether oxygens (including phenoxy) is 5. The molecule has 3 aliphatic heterocycles. The first-order chi connectivity index (χ1) is 21.1. The third-order valence-electron chi connectivity index (χ3n) is 9.37. The predicted octanol–water partition coefficient (Wildman–Crippen LogP) is 4.09. The number of carbonyl (C=O) groups excluding carboxylic acids is 2. The first-order valence-corrected chi connectivity index (χ1v) is 15.7. The van der Waals surface area contributed by atoms with E-state index in [0.29, 0.717) is 30.2 Å². The lowest BCUT2D eigenvalue weighted by Gasteiger charge is -2.42. The number of allylic oxidation sites excluding steroid dienone is 3. The minimum Gasteiger partial charge on any atom is -0.495 e. The Morgan fingerprint density at radius 1 is 1.29 bits per heavy atom. The highest BCUT2D eigenvalue weighted by molar-refractivity contribution is 6.34. The summed E-state index contributed by atoms with van der Waals surface area (Å²) in [4.78, 5) is 29.8. The van der Waals surface area contributed by atoms with Gasteiger partial charge in [-0.1, -0.05) is 42.3 Å². The van der Waals surface area contributed by atoms with Gasteiger partial charge in [0.15, 0.2) is 5.72 Å². The Bertz CT molecular complexity index is 1320. The Morgan fingerprint density at radius 3 is 2.64 bits per heavy atom. The molecule has 8 atom stereocenters. The number of epoxide rings is 1. The van der Waals surface area contributed by atoms with Crippen molar-refractivity contribution in [3.05, 3.63) is 46.5 Å². The van der Waals surface area contributed by atoms with Crippen LogP contribution in [-0.4, -0.2) is 106 Å². The molecule has 45 heavy (non-hydrogen) atoms. The maximum atomic E-state index is 13.2. The molecule has 0 aliphatic carbocycles. The zero-order valence-electron chi connectivity index (χ0n) is 27.8. The summed E-state index contributed by atoms with van der Waals surface area (Å²) in [5, 5.41) is 14.7. The first-order valence-electron chi connectivity index (χ1n) is 15.3. The number of hydrogen-bond acceptors (Lipinski definition) is 10. The number of benzene rings is 1. The number of amides is 1. The van der Waals surface area contributed by atoms with Crippen molar-refractivity contribution in [1.82, 2.24) is 10.2 Å². The highest BCUT2D eigenvalue weighted by atomic mass is 35.5. The van der Waals surface area contributed by atoms with E-state index in [1.165, 1.54) is 7.11 Å². The zero-order chi connectivity index (χ0) is 33.3. The lowest BCUT2D eigenvalue weighted by Crippen LogP contribution is -2.63. The van der Waals surface area contributed by atoms with Gasteiger partial charge in [0.2, 0.25) is 0 Å². The lowest BCUT2D eigenvalue weighted by atomic mass is 9.83. The molecule has 2 fully saturated rings. The molecular weight excluding hydrogens is 602 g/mol. The topological polar surface area (TPSA) is 122 Å². The van der Waals surface area contributed by atoms with Crippen molar-refractivity contribution in [1.29, 1.82) is 0 Å². The van der Waals surface area contributed by atoms with Crippen LogP contribution in [0.15, 0.2) is 35.9 Å². The quantitative estimate of drug-likeness (QED) is 0.356. The van der Waals surface area contributed by atoms with E-state index in [1.807, 2.05) is 71.1 Å². The van der Waals surface area contributed by atoms with E-state index >= 15 is 0 Å². The summed E-state index contributed by atoms with van der Waals surface area (Å²) in [5.41, 5.74) is 0.251. The molecular formula is C33H48ClN3O8. The molecule has 1 aromatic carbocycles. The maximum absolute atomic E-state index is 13.2. The summed E-state index contributed by atoms with van der Waals surface area (Å²) >= 11 is 6.80. The summed E-state index contributed by atoms with van der Waals surface area (Å²) in [6, 6.07) is 3.48. The first kappa shape index (κ1) is 35.0. The normalized spacial score (nSPS) is 34.8. The van der Waals surface area contributed by atoms with Gasteiger partial charge in [-0.25, -0.2) is 4.79 Å². The van der Waals surface area contributed by atoms with E-state index in [4.69, 9.17) is 35.3 Å². The van der Waals surface area contributed by atoms with E-state index in [-0.39, 0.29) is 18.3 Å². The molecule has 0 saturated carbocycles. The van der Waals surface area contributed by atoms with Gasteiger partial charge in [0.05, 0.1) is 18.9 Å². The molecule has 4 rings (SSSR count). The Morgan fingerprint density at radius 2 is 2.00 bits per heavy atom. The average molecular weight is 650 g/mol. The average Bonchev–Trinajstić information content (AvgIpc) is 3.67. The molecule has 0 aromatic heterocycles. The number of fused-ring (bicyclic) bond motifs is 5. The van der Waals surface area contributed by atoms with Gasteiger partial charge in [0.1, 0.15) is 40.7 Å². The van der Waals surface area contributed by atoms with Gasteiger partial charge in [-0.3, -0.25) is 15.0 Å². The molecule has 250 valence electrons. The number of hydrogen-bond donors (Lipinski definition) is 2. The molecule has 11 nitrogen and oxygen atoms in total. The molecule has 3 heterocycles. The summed E-state index contributed by atoms with van der Waals surface area (Å²) in [6.07, 6.45) is 3.26. The fourth-order valence-electron chi connectivity index (χ4n) is 6.19. The van der Waals surface area contributed by atoms with E-state index < -0.39 is 47.9 Å². The van der Waals surface area contributed by atoms with Crippen LogP contribution in [0.5, 0.6) is 5.75 Å². The maximum Gasteiger partial charge on any atom is 0.409 e. The second-order valence-corrected chi connectivity index (χ2v) is 13.3. The van der Waals surface area contributed by atoms with Crippen molar-refractivity contribution in [2.45, 2.75) is 88.7 Å². The van der Waals surface area contributed by atoms with Gasteiger partial charge in [0, 0.05) is 39.5 Å². The van der Waals surface area contributed by atoms with E-state index in [1.54, 1.807) is 25.0 Å². The molecule has 2 N–H and O–H groups in total. The van der Waals surface area contributed by atoms with E-state index in [0.717, 1.165) is 16.8 Å². The van der Waals surface area contributed by atoms with Crippen LogP contribution in [0.1, 0.15) is 46.1 Å². The van der Waals surface area contributed by atoms with Crippen molar-refractivity contribution in [2.24, 2.45) is 5.92 Å². The summed E-state index contributed by atoms with van der Waals surface area (Å²) in [5.74, 6) is -0.140. The Hall–Kier alpha value is -2.83. The van der Waals surface area contributed by atoms with Crippen LogP contribution in [0.25, 0.3) is 0 Å². The number of esters is 1. The Labute approximate surface area is 271 Å². The van der Waals surface area contributed by atoms with Crippen LogP contribution in [0.2, 0.25) is 5.02 Å². The van der Waals surface area contributed by atoms with Gasteiger partial charge in [-0.15, -0.1) is 0 Å². The van der Waals surface area contributed by atoms with Crippen LogP contribution in [0, 0.1) is 5.92 Å². The molecule has 8 unspecified atom stereocenters. The number of likely N-dealkylation sites (N-methyl/N-ethyl adjacent to an activating group) is 1. The number of rotatable bonds is 5. The minimum absolute atomic E-state index is 0.0658. The standard InChI is InChI=1S/C33H48ClN3O8/c1-19-11-10-12-27(42-9)33(40)18-25(43-31(39)35-33)20(2)29-32(4,45-29)26(44-30(38)21(3)36(5)6)13-14-37(7)23-16-22(15-19)17-24(41-8)28(23)34/h10-12,16-17,20-21,25-27,29,40H,13-15,18H2,1-9H3,(H,35,39)/b12-10+,19-11+. The largest absolute Gasteiger partial charge is 0.495 e. The van der Waals surface area contributed by atoms with Crippen molar-refractivity contribution in [2.75, 3.05) is 46.8 Å². The van der Waals surface area contributed by atoms with Crippen molar-refractivity contribution < 1.29 is 38.4 Å². The second kappa shape index (κ2) is 13.9. The van der Waals surface area contributed by atoms with Gasteiger partial charge in [0.25, 0.3) is 0 Å². The molecule has 0 spiro atoms. The fourth-order valence-corrected chi connectivity index (χ4v) is 6.52. The van der Waals surface area contributed by atoms with E-state index in [2.05, 4.69) is 5.32 Å². The zero-order valence-corrected chi connectivity index (χ0v) is 28.5. The molecule has 4 bridgehead atoms. The number of aliphatic hydroxyl groups is 1. The number of nitrogens with zero attached hydrogens (tertiary/aromatic N) is 2. The van der Waals surface area contributed by atoms with Crippen LogP contribution in [0.4, 0.5) is 10.5 Å². The Kier molecular flexibility index (Phi) is 10.8. The smallest absolute Gasteiger partial charge is 0.409 e. The van der Waals surface area contributed by atoms with Crippen molar-refractivity contribution in [3.8, 4) is 5.75 Å². The molecule has 0 radical (unpaired) electrons. The highest BCUT2D eigenvalue weighted by Gasteiger charge is 2.64. The van der Waals surface area contributed by atoms with Crippen LogP contribution in [0.3, 0.4) is 0 Å². The number of halogens is 1. The number of carbonyl (C=O) groups is 2. The molecule has 3 aliphatic rings. The van der Waals surface area contributed by atoms with Gasteiger partial charge < -0.3 is 33.7 Å². The monoisotopic (exact) mass is 649 g/mol.